The van der Waals surface area contributed by atoms with E-state index < -0.39 is 0 Å². The lowest BCUT2D eigenvalue weighted by Crippen LogP contribution is -1.90. The summed E-state index contributed by atoms with van der Waals surface area (Å²) in [5, 5.41) is 8.32. The Balaban J connectivity index is 2.74. The van der Waals surface area contributed by atoms with Gasteiger partial charge >= 0.3 is 0 Å². The third kappa shape index (κ3) is 2.17. The van der Waals surface area contributed by atoms with E-state index in [0.29, 0.717) is 24.8 Å². The molecule has 12 heavy (non-hydrogen) atoms. The van der Waals surface area contributed by atoms with Gasteiger partial charge in [-0.3, -0.25) is 9.78 Å². The van der Waals surface area contributed by atoms with Crippen molar-refractivity contribution in [3.05, 3.63) is 29.6 Å². The van der Waals surface area contributed by atoms with Crippen molar-refractivity contribution in [2.45, 2.75) is 12.8 Å². The number of nitrogens with zero attached hydrogens (tertiary/aromatic N) is 2. The van der Waals surface area contributed by atoms with Gasteiger partial charge in [0.05, 0.1) is 6.07 Å². The minimum absolute atomic E-state index is 0.422. The molecule has 1 aromatic rings. The molecule has 0 aromatic carbocycles. The maximum atomic E-state index is 10.3. The van der Waals surface area contributed by atoms with Crippen molar-refractivity contribution in [2.24, 2.45) is 0 Å². The van der Waals surface area contributed by atoms with Crippen LogP contribution >= 0.6 is 0 Å². The SMILES string of the molecule is N#CCCc1ccnc(C=O)c1. The standard InChI is InChI=1S/C9H8N2O/c10-4-1-2-8-3-5-11-9(6-8)7-12/h3,5-7H,1-2H2. The summed E-state index contributed by atoms with van der Waals surface area (Å²) in [7, 11) is 0. The van der Waals surface area contributed by atoms with Gasteiger partial charge in [-0.1, -0.05) is 0 Å². The van der Waals surface area contributed by atoms with E-state index in [4.69, 9.17) is 5.26 Å². The molecular formula is C9H8N2O. The number of hydrogen-bond acceptors (Lipinski definition) is 3. The second kappa shape index (κ2) is 4.24. The predicted octanol–water partition coefficient (Wildman–Crippen LogP) is 1.35. The molecule has 1 heterocycles. The van der Waals surface area contributed by atoms with Crippen molar-refractivity contribution in [3.63, 3.8) is 0 Å². The summed E-state index contributed by atoms with van der Waals surface area (Å²) in [6, 6.07) is 5.55. The molecule has 3 nitrogen and oxygen atoms in total. The summed E-state index contributed by atoms with van der Waals surface area (Å²) in [5.74, 6) is 0. The molecule has 60 valence electrons. The summed E-state index contributed by atoms with van der Waals surface area (Å²) in [6.45, 7) is 0. The Morgan fingerprint density at radius 3 is 3.17 bits per heavy atom. The van der Waals surface area contributed by atoms with Crippen molar-refractivity contribution in [3.8, 4) is 6.07 Å². The molecule has 0 unspecified atom stereocenters. The smallest absolute Gasteiger partial charge is 0.168 e. The van der Waals surface area contributed by atoms with Crippen molar-refractivity contribution < 1.29 is 4.79 Å². The molecule has 0 aliphatic rings. The average molecular weight is 160 g/mol. The molecule has 0 radical (unpaired) electrons. The van der Waals surface area contributed by atoms with Gasteiger partial charge in [0.15, 0.2) is 6.29 Å². The Labute approximate surface area is 70.7 Å². The Morgan fingerprint density at radius 1 is 1.67 bits per heavy atom. The minimum atomic E-state index is 0.422. The number of hydrogen-bond donors (Lipinski definition) is 0. The number of carbonyl (C=O) groups excluding carboxylic acids is 1. The van der Waals surface area contributed by atoms with Crippen LogP contribution in [0.1, 0.15) is 22.5 Å². The van der Waals surface area contributed by atoms with Gasteiger partial charge in [0, 0.05) is 12.6 Å². The van der Waals surface area contributed by atoms with Crippen LogP contribution in [0.3, 0.4) is 0 Å². The fraction of sp³-hybridized carbons (Fsp3) is 0.222. The molecule has 1 aromatic heterocycles. The Kier molecular flexibility index (Phi) is 2.97. The van der Waals surface area contributed by atoms with Gasteiger partial charge in [0.1, 0.15) is 5.69 Å². The van der Waals surface area contributed by atoms with Crippen LogP contribution in [-0.2, 0) is 6.42 Å². The van der Waals surface area contributed by atoms with Crippen molar-refractivity contribution in [1.29, 1.82) is 5.26 Å². The van der Waals surface area contributed by atoms with E-state index in [0.717, 1.165) is 5.56 Å². The molecule has 0 bridgehead atoms. The van der Waals surface area contributed by atoms with E-state index in [9.17, 15) is 4.79 Å². The lowest BCUT2D eigenvalue weighted by atomic mass is 10.1. The summed E-state index contributed by atoms with van der Waals surface area (Å²) < 4.78 is 0. The Morgan fingerprint density at radius 2 is 2.50 bits per heavy atom. The zero-order chi connectivity index (χ0) is 8.81. The second-order valence-electron chi connectivity index (χ2n) is 2.36. The highest BCUT2D eigenvalue weighted by Gasteiger charge is 1.94. The van der Waals surface area contributed by atoms with Crippen LogP contribution in [0.5, 0.6) is 0 Å². The zero-order valence-corrected chi connectivity index (χ0v) is 6.53. The van der Waals surface area contributed by atoms with Crippen LogP contribution in [0.25, 0.3) is 0 Å². The molecule has 0 saturated carbocycles. The number of rotatable bonds is 3. The third-order valence-electron chi connectivity index (χ3n) is 1.49. The summed E-state index contributed by atoms with van der Waals surface area (Å²) in [4.78, 5) is 14.1. The fourth-order valence-electron chi connectivity index (χ4n) is 0.915. The first-order valence-electron chi connectivity index (χ1n) is 3.64. The van der Waals surface area contributed by atoms with E-state index in [1.165, 1.54) is 0 Å². The van der Waals surface area contributed by atoms with Gasteiger partial charge in [0.25, 0.3) is 0 Å². The molecular weight excluding hydrogens is 152 g/mol. The first-order valence-corrected chi connectivity index (χ1v) is 3.64. The maximum absolute atomic E-state index is 10.3. The number of carbonyl (C=O) groups is 1. The molecule has 0 aliphatic heterocycles. The van der Waals surface area contributed by atoms with Gasteiger partial charge in [0.2, 0.25) is 0 Å². The normalized spacial score (nSPS) is 8.92. The van der Waals surface area contributed by atoms with Crippen molar-refractivity contribution in [1.82, 2.24) is 4.98 Å². The van der Waals surface area contributed by atoms with Crippen LogP contribution in [0.15, 0.2) is 18.3 Å². The van der Waals surface area contributed by atoms with Crippen molar-refractivity contribution >= 4 is 6.29 Å². The first-order chi connectivity index (χ1) is 5.86. The van der Waals surface area contributed by atoms with E-state index in [2.05, 4.69) is 4.98 Å². The topological polar surface area (TPSA) is 53.8 Å². The molecule has 0 N–H and O–H groups in total. The largest absolute Gasteiger partial charge is 0.296 e. The van der Waals surface area contributed by atoms with Gasteiger partial charge in [-0.25, -0.2) is 0 Å². The second-order valence-corrected chi connectivity index (χ2v) is 2.36. The Bertz CT molecular complexity index is 315. The Hall–Kier alpha value is -1.69. The van der Waals surface area contributed by atoms with Crippen molar-refractivity contribution in [2.75, 3.05) is 0 Å². The molecule has 0 saturated heterocycles. The summed E-state index contributed by atoms with van der Waals surface area (Å²) >= 11 is 0. The molecule has 0 amide bonds. The number of aromatic nitrogens is 1. The van der Waals surface area contributed by atoms with E-state index >= 15 is 0 Å². The van der Waals surface area contributed by atoms with Gasteiger partial charge in [-0.15, -0.1) is 0 Å². The monoisotopic (exact) mass is 160 g/mol. The minimum Gasteiger partial charge on any atom is -0.296 e. The number of pyridine rings is 1. The number of nitriles is 1. The number of aryl methyl sites for hydroxylation is 1. The lowest BCUT2D eigenvalue weighted by molar-refractivity contribution is 0.111. The van der Waals surface area contributed by atoms with E-state index in [1.54, 1.807) is 12.3 Å². The molecule has 0 fully saturated rings. The maximum Gasteiger partial charge on any atom is 0.168 e. The highest BCUT2D eigenvalue weighted by molar-refractivity contribution is 5.71. The fourth-order valence-corrected chi connectivity index (χ4v) is 0.915. The molecule has 1 rings (SSSR count). The van der Waals surface area contributed by atoms with E-state index in [1.807, 2.05) is 12.1 Å². The predicted molar refractivity (Wildman–Crippen MR) is 43.6 cm³/mol. The summed E-state index contributed by atoms with van der Waals surface area (Å²) in [5.41, 5.74) is 1.40. The highest BCUT2D eigenvalue weighted by atomic mass is 16.1. The van der Waals surface area contributed by atoms with Gasteiger partial charge < -0.3 is 0 Å². The van der Waals surface area contributed by atoms with Crippen LogP contribution < -0.4 is 0 Å². The van der Waals surface area contributed by atoms with E-state index in [-0.39, 0.29) is 0 Å². The van der Waals surface area contributed by atoms with Gasteiger partial charge in [-0.05, 0) is 24.1 Å². The lowest BCUT2D eigenvalue weighted by Gasteiger charge is -1.95. The van der Waals surface area contributed by atoms with Crippen LogP contribution in [0.2, 0.25) is 0 Å². The number of aldehydes is 1. The quantitative estimate of drug-likeness (QED) is 0.627. The highest BCUT2D eigenvalue weighted by Crippen LogP contribution is 2.02. The summed E-state index contributed by atoms with van der Waals surface area (Å²) in [6.07, 6.45) is 3.44. The zero-order valence-electron chi connectivity index (χ0n) is 6.53. The molecule has 0 aliphatic carbocycles. The van der Waals surface area contributed by atoms with Crippen LogP contribution in [0.4, 0.5) is 0 Å². The molecule has 0 atom stereocenters. The first kappa shape index (κ1) is 8.41. The van der Waals surface area contributed by atoms with Crippen LogP contribution in [0, 0.1) is 11.3 Å². The van der Waals surface area contributed by atoms with Gasteiger partial charge in [-0.2, -0.15) is 5.26 Å². The average Bonchev–Trinajstić information content (AvgIpc) is 2.15. The van der Waals surface area contributed by atoms with Crippen LogP contribution in [-0.4, -0.2) is 11.3 Å². The third-order valence-corrected chi connectivity index (χ3v) is 1.49. The molecule has 0 spiro atoms. The molecule has 3 heteroatoms.